The highest BCUT2D eigenvalue weighted by atomic mass is 15.3. The van der Waals surface area contributed by atoms with Crippen molar-refractivity contribution in [2.45, 2.75) is 37.6 Å². The Morgan fingerprint density at radius 2 is 2.20 bits per heavy atom. The molecule has 1 saturated carbocycles. The lowest BCUT2D eigenvalue weighted by atomic mass is 10.2. The average Bonchev–Trinajstić information content (AvgIpc) is 3.24. The second-order valence-corrected chi connectivity index (χ2v) is 6.05. The van der Waals surface area contributed by atoms with Gasteiger partial charge < -0.3 is 15.2 Å². The Balaban J connectivity index is 1.75. The predicted molar refractivity (Wildman–Crippen MR) is 80.7 cm³/mol. The monoisotopic (exact) mass is 276 g/mol. The van der Waals surface area contributed by atoms with Gasteiger partial charge in [0, 0.05) is 31.6 Å². The van der Waals surface area contributed by atoms with Gasteiger partial charge >= 0.3 is 0 Å². The van der Waals surface area contributed by atoms with Gasteiger partial charge in [-0.25, -0.2) is 15.8 Å². The zero-order valence-electron chi connectivity index (χ0n) is 12.3. The maximum atomic E-state index is 5.53. The molecule has 0 amide bonds. The van der Waals surface area contributed by atoms with Crippen molar-refractivity contribution in [2.75, 3.05) is 37.5 Å². The minimum absolute atomic E-state index is 0.532. The molecule has 1 aliphatic heterocycles. The van der Waals surface area contributed by atoms with Crippen LogP contribution in [0.5, 0.6) is 0 Å². The molecule has 20 heavy (non-hydrogen) atoms. The van der Waals surface area contributed by atoms with E-state index in [-0.39, 0.29) is 0 Å². The zero-order chi connectivity index (χ0) is 14.1. The SMILES string of the molecule is CN(CC1CCCN1C)c1cc(NN)nc(C2CC2)n1. The Morgan fingerprint density at radius 3 is 2.80 bits per heavy atom. The fourth-order valence-corrected chi connectivity index (χ4v) is 2.87. The Morgan fingerprint density at radius 1 is 1.40 bits per heavy atom. The van der Waals surface area contributed by atoms with Crippen LogP contribution in [0.15, 0.2) is 6.07 Å². The minimum atomic E-state index is 0.532. The number of nitrogens with one attached hydrogen (secondary N) is 1. The maximum absolute atomic E-state index is 5.53. The van der Waals surface area contributed by atoms with Gasteiger partial charge in [0.2, 0.25) is 0 Å². The van der Waals surface area contributed by atoms with Crippen LogP contribution in [-0.4, -0.2) is 48.1 Å². The van der Waals surface area contributed by atoms with Gasteiger partial charge in [0.25, 0.3) is 0 Å². The smallest absolute Gasteiger partial charge is 0.145 e. The summed E-state index contributed by atoms with van der Waals surface area (Å²) >= 11 is 0. The Labute approximate surface area is 120 Å². The summed E-state index contributed by atoms with van der Waals surface area (Å²) in [5.41, 5.74) is 2.66. The summed E-state index contributed by atoms with van der Waals surface area (Å²) in [5.74, 6) is 8.67. The van der Waals surface area contributed by atoms with Gasteiger partial charge in [-0.3, -0.25) is 0 Å². The summed E-state index contributed by atoms with van der Waals surface area (Å²) in [6.07, 6.45) is 4.95. The summed E-state index contributed by atoms with van der Waals surface area (Å²) in [7, 11) is 4.31. The van der Waals surface area contributed by atoms with Crippen molar-refractivity contribution in [1.82, 2.24) is 14.9 Å². The molecule has 1 aromatic rings. The average molecular weight is 276 g/mol. The van der Waals surface area contributed by atoms with E-state index >= 15 is 0 Å². The third-order valence-corrected chi connectivity index (χ3v) is 4.37. The number of hydrogen-bond acceptors (Lipinski definition) is 6. The van der Waals surface area contributed by atoms with Crippen molar-refractivity contribution >= 4 is 11.6 Å². The highest BCUT2D eigenvalue weighted by molar-refractivity contribution is 5.49. The second kappa shape index (κ2) is 5.54. The van der Waals surface area contributed by atoms with Gasteiger partial charge in [0.1, 0.15) is 17.5 Å². The number of aromatic nitrogens is 2. The molecule has 2 heterocycles. The molecule has 3 N–H and O–H groups in total. The molecule has 6 nitrogen and oxygen atoms in total. The first kappa shape index (κ1) is 13.6. The molecule has 0 radical (unpaired) electrons. The first-order valence-electron chi connectivity index (χ1n) is 7.44. The molecular weight excluding hydrogens is 252 g/mol. The molecule has 0 aromatic carbocycles. The van der Waals surface area contributed by atoms with Crippen molar-refractivity contribution in [1.29, 1.82) is 0 Å². The van der Waals surface area contributed by atoms with E-state index in [2.05, 4.69) is 34.3 Å². The fraction of sp³-hybridized carbons (Fsp3) is 0.714. The van der Waals surface area contributed by atoms with Crippen LogP contribution in [0.25, 0.3) is 0 Å². The van der Waals surface area contributed by atoms with Crippen molar-refractivity contribution in [3.63, 3.8) is 0 Å². The van der Waals surface area contributed by atoms with Crippen LogP contribution < -0.4 is 16.2 Å². The Kier molecular flexibility index (Phi) is 3.76. The van der Waals surface area contributed by atoms with Crippen molar-refractivity contribution in [3.8, 4) is 0 Å². The van der Waals surface area contributed by atoms with Crippen molar-refractivity contribution in [3.05, 3.63) is 11.9 Å². The van der Waals surface area contributed by atoms with E-state index in [0.717, 1.165) is 18.2 Å². The predicted octanol–water partition coefficient (Wildman–Crippen LogP) is 1.17. The number of hydrogen-bond donors (Lipinski definition) is 2. The molecule has 2 fully saturated rings. The minimum Gasteiger partial charge on any atom is -0.358 e. The number of anilines is 2. The van der Waals surface area contributed by atoms with Crippen LogP contribution in [0.4, 0.5) is 11.6 Å². The van der Waals surface area contributed by atoms with E-state index < -0.39 is 0 Å². The number of likely N-dealkylation sites (tertiary alicyclic amines) is 1. The van der Waals surface area contributed by atoms with Crippen molar-refractivity contribution < 1.29 is 0 Å². The van der Waals surface area contributed by atoms with E-state index in [1.165, 1.54) is 32.2 Å². The molecule has 1 atom stereocenters. The normalized spacial score (nSPS) is 23.1. The Bertz CT molecular complexity index is 473. The summed E-state index contributed by atoms with van der Waals surface area (Å²) in [4.78, 5) is 13.8. The first-order valence-corrected chi connectivity index (χ1v) is 7.44. The van der Waals surface area contributed by atoms with Crippen LogP contribution in [0.2, 0.25) is 0 Å². The summed E-state index contributed by atoms with van der Waals surface area (Å²) in [5, 5.41) is 0. The maximum Gasteiger partial charge on any atom is 0.145 e. The summed E-state index contributed by atoms with van der Waals surface area (Å²) in [6, 6.07) is 2.55. The molecule has 0 spiro atoms. The molecule has 110 valence electrons. The van der Waals surface area contributed by atoms with E-state index in [1.807, 2.05) is 6.07 Å². The van der Waals surface area contributed by atoms with Crippen LogP contribution in [0.3, 0.4) is 0 Å². The van der Waals surface area contributed by atoms with E-state index in [0.29, 0.717) is 17.8 Å². The van der Waals surface area contributed by atoms with Crippen LogP contribution >= 0.6 is 0 Å². The fourth-order valence-electron chi connectivity index (χ4n) is 2.87. The van der Waals surface area contributed by atoms with Gasteiger partial charge in [-0.05, 0) is 39.3 Å². The standard InChI is InChI=1S/C14H24N6/c1-19-7-3-4-11(19)9-20(2)13-8-12(18-15)16-14(17-13)10-5-6-10/h8,10-11H,3-7,9,15H2,1-2H3,(H,16,17,18). The number of hydrazine groups is 1. The largest absolute Gasteiger partial charge is 0.358 e. The van der Waals surface area contributed by atoms with Gasteiger partial charge in [0.15, 0.2) is 0 Å². The molecule has 0 bridgehead atoms. The first-order chi connectivity index (χ1) is 9.67. The number of nitrogens with zero attached hydrogens (tertiary/aromatic N) is 4. The molecule has 2 aliphatic rings. The summed E-state index contributed by atoms with van der Waals surface area (Å²) in [6.45, 7) is 2.20. The number of likely N-dealkylation sites (N-methyl/N-ethyl adjacent to an activating group) is 2. The van der Waals surface area contributed by atoms with Gasteiger partial charge in [-0.2, -0.15) is 0 Å². The molecular formula is C14H24N6. The van der Waals surface area contributed by atoms with Gasteiger partial charge in [-0.1, -0.05) is 0 Å². The van der Waals surface area contributed by atoms with Gasteiger partial charge in [-0.15, -0.1) is 0 Å². The van der Waals surface area contributed by atoms with E-state index in [1.54, 1.807) is 0 Å². The molecule has 1 aromatic heterocycles. The van der Waals surface area contributed by atoms with Crippen LogP contribution in [0, 0.1) is 0 Å². The molecule has 1 saturated heterocycles. The lowest BCUT2D eigenvalue weighted by molar-refractivity contribution is 0.314. The van der Waals surface area contributed by atoms with Crippen LogP contribution in [-0.2, 0) is 0 Å². The molecule has 6 heteroatoms. The third-order valence-electron chi connectivity index (χ3n) is 4.37. The molecule has 1 unspecified atom stereocenters. The highest BCUT2D eigenvalue weighted by Gasteiger charge is 2.28. The molecule has 3 rings (SSSR count). The molecule has 1 aliphatic carbocycles. The Hall–Kier alpha value is -1.40. The van der Waals surface area contributed by atoms with Crippen LogP contribution in [0.1, 0.15) is 37.4 Å². The highest BCUT2D eigenvalue weighted by Crippen LogP contribution is 2.39. The number of rotatable bonds is 5. The number of nitrogens with two attached hydrogens (primary N) is 1. The zero-order valence-corrected chi connectivity index (χ0v) is 12.3. The van der Waals surface area contributed by atoms with Gasteiger partial charge in [0.05, 0.1) is 0 Å². The van der Waals surface area contributed by atoms with E-state index in [9.17, 15) is 0 Å². The second-order valence-electron chi connectivity index (χ2n) is 6.05. The topological polar surface area (TPSA) is 70.3 Å². The van der Waals surface area contributed by atoms with Crippen molar-refractivity contribution in [2.24, 2.45) is 5.84 Å². The number of nitrogen functional groups attached to an aromatic ring is 1. The lowest BCUT2D eigenvalue weighted by Gasteiger charge is -2.27. The third kappa shape index (κ3) is 2.86. The van der Waals surface area contributed by atoms with E-state index in [4.69, 9.17) is 10.8 Å². The summed E-state index contributed by atoms with van der Waals surface area (Å²) < 4.78 is 0. The quantitative estimate of drug-likeness (QED) is 0.621. The lowest BCUT2D eigenvalue weighted by Crippen LogP contribution is -2.37.